The fourth-order valence-electron chi connectivity index (χ4n) is 7.16. The Balaban J connectivity index is 1.62. The highest BCUT2D eigenvalue weighted by Crippen LogP contribution is 2.59. The number of amides is 3. The second-order valence-corrected chi connectivity index (χ2v) is 12.0. The smallest absolute Gasteiger partial charge is 0.313 e. The van der Waals surface area contributed by atoms with Crippen molar-refractivity contribution < 1.29 is 33.8 Å². The Morgan fingerprint density at radius 3 is 2.64 bits per heavy atom. The van der Waals surface area contributed by atoms with Gasteiger partial charge in [0.1, 0.15) is 17.7 Å². The van der Waals surface area contributed by atoms with Crippen molar-refractivity contribution in [1.29, 1.82) is 0 Å². The van der Waals surface area contributed by atoms with E-state index < -0.39 is 47.7 Å². The number of carbonyl (C=O) groups excluding carboxylic acids is 4. The minimum Gasteiger partial charge on any atom is -0.455 e. The molecule has 44 heavy (non-hydrogen) atoms. The molecule has 0 aliphatic carbocycles. The lowest BCUT2D eigenvalue weighted by atomic mass is 9.70. The van der Waals surface area contributed by atoms with Crippen LogP contribution in [0.2, 0.25) is 0 Å². The maximum absolute atomic E-state index is 14.2. The molecule has 3 heterocycles. The van der Waals surface area contributed by atoms with Crippen molar-refractivity contribution in [2.75, 3.05) is 26.2 Å². The van der Waals surface area contributed by atoms with Crippen LogP contribution < -0.4 is 5.32 Å². The van der Waals surface area contributed by atoms with Gasteiger partial charge in [-0.3, -0.25) is 19.2 Å². The Hall–Kier alpha value is -3.50. The summed E-state index contributed by atoms with van der Waals surface area (Å²) in [6, 6.07) is 7.66. The summed E-state index contributed by atoms with van der Waals surface area (Å²) in [6.45, 7) is 11.8. The number of likely N-dealkylation sites (tertiary alicyclic amines) is 1. The predicted octanol–water partition coefficient (Wildman–Crippen LogP) is 3.31. The Morgan fingerprint density at radius 1 is 1.23 bits per heavy atom. The first-order chi connectivity index (χ1) is 21.2. The molecule has 2 bridgehead atoms. The maximum Gasteiger partial charge on any atom is 0.313 e. The summed E-state index contributed by atoms with van der Waals surface area (Å²) in [5.41, 5.74) is -0.481. The number of rotatable bonds is 17. The van der Waals surface area contributed by atoms with Gasteiger partial charge in [-0.2, -0.15) is 0 Å². The molecule has 1 spiro atoms. The van der Waals surface area contributed by atoms with E-state index >= 15 is 0 Å². The van der Waals surface area contributed by atoms with E-state index in [4.69, 9.17) is 9.47 Å². The van der Waals surface area contributed by atoms with Crippen molar-refractivity contribution in [3.63, 3.8) is 0 Å². The summed E-state index contributed by atoms with van der Waals surface area (Å²) in [5, 5.41) is 12.8. The molecule has 3 aliphatic heterocycles. The third-order valence-corrected chi connectivity index (χ3v) is 9.13. The monoisotopic (exact) mass is 609 g/mol. The largest absolute Gasteiger partial charge is 0.455 e. The molecule has 3 amide bonds. The van der Waals surface area contributed by atoms with E-state index in [1.807, 2.05) is 30.3 Å². The number of allylic oxidation sites excluding steroid dienone is 1. The van der Waals surface area contributed by atoms with E-state index in [1.54, 1.807) is 24.0 Å². The Bertz CT molecular complexity index is 1210. The van der Waals surface area contributed by atoms with Crippen molar-refractivity contribution in [3.8, 4) is 0 Å². The van der Waals surface area contributed by atoms with Crippen LogP contribution in [0.15, 0.2) is 55.6 Å². The molecule has 2 N–H and O–H groups in total. The second-order valence-electron chi connectivity index (χ2n) is 12.0. The first kappa shape index (κ1) is 33.4. The molecular formula is C34H47N3O7. The number of hydrogen-bond donors (Lipinski definition) is 2. The van der Waals surface area contributed by atoms with Crippen molar-refractivity contribution in [1.82, 2.24) is 15.1 Å². The lowest BCUT2D eigenvalue weighted by Crippen LogP contribution is -2.56. The number of ether oxygens (including phenoxy) is 2. The minimum atomic E-state index is -1.19. The molecule has 1 aromatic rings. The van der Waals surface area contributed by atoms with Crippen LogP contribution in [0.25, 0.3) is 0 Å². The second kappa shape index (κ2) is 15.0. The first-order valence-electron chi connectivity index (χ1n) is 15.9. The number of β-amino-alcohol motifs (C(OH)–C–C–N with tert-alkyl or cyclic N) is 1. The van der Waals surface area contributed by atoms with E-state index in [9.17, 15) is 24.3 Å². The van der Waals surface area contributed by atoms with Gasteiger partial charge >= 0.3 is 5.97 Å². The standard InChI is InChI=1S/C34H47N3O7/c1-5-8-13-20-36(19-7-3)32(41)30-34-18-17-25(44-34)27(28(34)31(40)37(30)21-22-38)33(42)43-29(24-14-11-10-12-15-24)23(4)35-26(39)16-9-6-2/h6-7,10-12,14-15,23,25,27-30,38H,2-3,5,8-9,13,16-22H2,1,4H3,(H,35,39)/t23-,25+,27-,28-,29-,30+,34-/m1/s1. The average Bonchev–Trinajstić information content (AvgIpc) is 3.66. The fourth-order valence-corrected chi connectivity index (χ4v) is 7.16. The van der Waals surface area contributed by atoms with Gasteiger partial charge in [0.05, 0.1) is 30.6 Å². The number of nitrogens with one attached hydrogen (secondary N) is 1. The zero-order valence-corrected chi connectivity index (χ0v) is 26.0. The number of nitrogens with zero attached hydrogens (tertiary/aromatic N) is 2. The van der Waals surface area contributed by atoms with Crippen molar-refractivity contribution >= 4 is 23.7 Å². The number of hydrogen-bond acceptors (Lipinski definition) is 7. The highest BCUT2D eigenvalue weighted by molar-refractivity contribution is 5.98. The summed E-state index contributed by atoms with van der Waals surface area (Å²) < 4.78 is 12.7. The number of esters is 1. The Kier molecular flexibility index (Phi) is 11.4. The van der Waals surface area contributed by atoms with Crippen LogP contribution in [0.1, 0.15) is 70.5 Å². The molecule has 3 saturated heterocycles. The van der Waals surface area contributed by atoms with E-state index in [-0.39, 0.29) is 37.3 Å². The van der Waals surface area contributed by atoms with Crippen molar-refractivity contribution in [2.24, 2.45) is 11.8 Å². The predicted molar refractivity (Wildman–Crippen MR) is 165 cm³/mol. The Morgan fingerprint density at radius 2 is 1.98 bits per heavy atom. The third kappa shape index (κ3) is 6.61. The molecule has 10 nitrogen and oxygen atoms in total. The van der Waals surface area contributed by atoms with E-state index in [0.717, 1.165) is 19.3 Å². The SMILES string of the molecule is C=CCCC(=O)N[C@H](C)[C@@H](OC(=O)[C@@H]1[C@@H]2CC[C@]3(O2)[C@H](C(=O)N(CC=C)CCCCC)N(CCO)C(=O)[C@@H]13)c1ccccc1. The van der Waals surface area contributed by atoms with Crippen LogP contribution >= 0.6 is 0 Å². The number of benzene rings is 1. The van der Waals surface area contributed by atoms with Crippen LogP contribution in [0.4, 0.5) is 0 Å². The van der Waals surface area contributed by atoms with Crippen LogP contribution in [0.5, 0.6) is 0 Å². The lowest BCUT2D eigenvalue weighted by Gasteiger charge is -2.36. The molecule has 1 aromatic carbocycles. The Labute approximate surface area is 260 Å². The minimum absolute atomic E-state index is 0.0411. The van der Waals surface area contributed by atoms with Gasteiger partial charge < -0.3 is 29.7 Å². The maximum atomic E-state index is 14.2. The number of fused-ring (bicyclic) bond motifs is 1. The van der Waals surface area contributed by atoms with Gasteiger partial charge in [0.2, 0.25) is 17.7 Å². The summed E-state index contributed by atoms with van der Waals surface area (Å²) in [4.78, 5) is 57.9. The molecule has 3 fully saturated rings. The number of unbranched alkanes of at least 4 members (excludes halogenated alkanes) is 2. The van der Waals surface area contributed by atoms with Gasteiger partial charge in [-0.05, 0) is 38.2 Å². The third-order valence-electron chi connectivity index (χ3n) is 9.13. The van der Waals surface area contributed by atoms with E-state index in [0.29, 0.717) is 37.9 Å². The first-order valence-corrected chi connectivity index (χ1v) is 15.9. The highest BCUT2D eigenvalue weighted by atomic mass is 16.6. The fraction of sp³-hybridized carbons (Fsp3) is 0.588. The molecule has 240 valence electrons. The molecule has 0 saturated carbocycles. The van der Waals surface area contributed by atoms with Gasteiger partial charge in [0, 0.05) is 26.1 Å². The van der Waals surface area contributed by atoms with Gasteiger partial charge in [0.25, 0.3) is 0 Å². The molecular weight excluding hydrogens is 562 g/mol. The molecule has 7 atom stereocenters. The van der Waals surface area contributed by atoms with Gasteiger partial charge in [-0.15, -0.1) is 13.2 Å². The summed E-state index contributed by atoms with van der Waals surface area (Å²) in [7, 11) is 0. The summed E-state index contributed by atoms with van der Waals surface area (Å²) in [5.74, 6) is -3.25. The zero-order chi connectivity index (χ0) is 31.9. The van der Waals surface area contributed by atoms with Crippen LogP contribution in [-0.2, 0) is 28.7 Å². The number of aliphatic hydroxyl groups excluding tert-OH is 1. The van der Waals surface area contributed by atoms with Gasteiger partial charge in [0.15, 0.2) is 0 Å². The summed E-state index contributed by atoms with van der Waals surface area (Å²) in [6.07, 6.45) is 6.45. The van der Waals surface area contributed by atoms with Gasteiger partial charge in [-0.1, -0.05) is 62.2 Å². The zero-order valence-electron chi connectivity index (χ0n) is 26.0. The van der Waals surface area contributed by atoms with Crippen molar-refractivity contribution in [2.45, 2.75) is 88.7 Å². The average molecular weight is 610 g/mol. The van der Waals surface area contributed by atoms with Crippen LogP contribution in [0, 0.1) is 11.8 Å². The van der Waals surface area contributed by atoms with E-state index in [1.165, 1.54) is 4.90 Å². The summed E-state index contributed by atoms with van der Waals surface area (Å²) >= 11 is 0. The normalized spacial score (nSPS) is 26.5. The van der Waals surface area contributed by atoms with Crippen LogP contribution in [0.3, 0.4) is 0 Å². The van der Waals surface area contributed by atoms with E-state index in [2.05, 4.69) is 25.4 Å². The molecule has 0 radical (unpaired) electrons. The molecule has 0 aromatic heterocycles. The lowest BCUT2D eigenvalue weighted by molar-refractivity contribution is -0.162. The number of carbonyl (C=O) groups is 4. The quantitative estimate of drug-likeness (QED) is 0.158. The topological polar surface area (TPSA) is 125 Å². The molecule has 3 aliphatic rings. The molecule has 10 heteroatoms. The van der Waals surface area contributed by atoms with Crippen molar-refractivity contribution in [3.05, 3.63) is 61.2 Å². The highest BCUT2D eigenvalue weighted by Gasteiger charge is 2.75. The van der Waals surface area contributed by atoms with Gasteiger partial charge in [-0.25, -0.2) is 0 Å². The number of aliphatic hydroxyl groups is 1. The molecule has 0 unspecified atom stereocenters. The molecule has 4 rings (SSSR count). The van der Waals surface area contributed by atoms with Crippen LogP contribution in [-0.4, -0.2) is 88.6 Å².